The molecule has 2 aromatic carbocycles. The van der Waals surface area contributed by atoms with Crippen LogP contribution in [0.15, 0.2) is 46.9 Å². The lowest BCUT2D eigenvalue weighted by atomic mass is 9.99. The van der Waals surface area contributed by atoms with E-state index in [1.807, 2.05) is 30.3 Å². The molecular weight excluding hydrogens is 264 g/mol. The Morgan fingerprint density at radius 1 is 1.12 bits per heavy atom. The second-order valence-corrected chi connectivity index (χ2v) is 4.63. The Labute approximate surface area is 104 Å². The van der Waals surface area contributed by atoms with Gasteiger partial charge in [-0.25, -0.2) is 0 Å². The van der Waals surface area contributed by atoms with Crippen LogP contribution in [0.5, 0.6) is 0 Å². The van der Waals surface area contributed by atoms with E-state index in [-0.39, 0.29) is 6.61 Å². The quantitative estimate of drug-likeness (QED) is 0.882. The monoisotopic (exact) mass is 276 g/mol. The van der Waals surface area contributed by atoms with Gasteiger partial charge in [-0.15, -0.1) is 0 Å². The normalized spacial score (nSPS) is 10.4. The summed E-state index contributed by atoms with van der Waals surface area (Å²) in [6.45, 7) is 2.17. The molecule has 0 aromatic heterocycles. The average Bonchev–Trinajstić information content (AvgIpc) is 2.33. The SMILES string of the molecule is Cc1c(Br)cccc1-c1cccc(CO)c1. The molecule has 2 heteroatoms. The third-order valence-corrected chi connectivity index (χ3v) is 3.55. The molecule has 2 rings (SSSR count). The molecule has 1 N–H and O–H groups in total. The van der Waals surface area contributed by atoms with E-state index in [1.54, 1.807) is 0 Å². The van der Waals surface area contributed by atoms with Crippen LogP contribution >= 0.6 is 15.9 Å². The van der Waals surface area contributed by atoms with Gasteiger partial charge in [0, 0.05) is 4.47 Å². The molecule has 0 saturated carbocycles. The molecule has 82 valence electrons. The van der Waals surface area contributed by atoms with Gasteiger partial charge in [0.25, 0.3) is 0 Å². The third kappa shape index (κ3) is 2.18. The molecule has 1 nitrogen and oxygen atoms in total. The number of rotatable bonds is 2. The second kappa shape index (κ2) is 4.81. The Bertz CT molecular complexity index is 506. The van der Waals surface area contributed by atoms with Crippen LogP contribution in [0.1, 0.15) is 11.1 Å². The van der Waals surface area contributed by atoms with Crippen molar-refractivity contribution in [2.45, 2.75) is 13.5 Å². The van der Waals surface area contributed by atoms with Crippen molar-refractivity contribution in [3.8, 4) is 11.1 Å². The number of aliphatic hydroxyl groups excluding tert-OH is 1. The van der Waals surface area contributed by atoms with E-state index < -0.39 is 0 Å². The Hall–Kier alpha value is -1.12. The summed E-state index contributed by atoms with van der Waals surface area (Å²) in [5.41, 5.74) is 4.50. The van der Waals surface area contributed by atoms with Crippen LogP contribution < -0.4 is 0 Å². The minimum atomic E-state index is 0.0842. The number of hydrogen-bond donors (Lipinski definition) is 1. The molecule has 0 aliphatic carbocycles. The van der Waals surface area contributed by atoms with Crippen molar-refractivity contribution in [3.63, 3.8) is 0 Å². The van der Waals surface area contributed by atoms with Crippen LogP contribution in [-0.4, -0.2) is 5.11 Å². The molecule has 16 heavy (non-hydrogen) atoms. The molecule has 0 heterocycles. The van der Waals surface area contributed by atoms with E-state index in [1.165, 1.54) is 11.1 Å². The van der Waals surface area contributed by atoms with Gasteiger partial charge in [-0.2, -0.15) is 0 Å². The minimum Gasteiger partial charge on any atom is -0.392 e. The summed E-state index contributed by atoms with van der Waals surface area (Å²) in [6.07, 6.45) is 0. The molecule has 0 fully saturated rings. The smallest absolute Gasteiger partial charge is 0.0682 e. The van der Waals surface area contributed by atoms with Gasteiger partial charge in [-0.3, -0.25) is 0 Å². The van der Waals surface area contributed by atoms with Crippen LogP contribution in [0.3, 0.4) is 0 Å². The van der Waals surface area contributed by atoms with E-state index >= 15 is 0 Å². The average molecular weight is 277 g/mol. The first-order valence-electron chi connectivity index (χ1n) is 5.17. The summed E-state index contributed by atoms with van der Waals surface area (Å²) < 4.78 is 1.11. The topological polar surface area (TPSA) is 20.2 Å². The lowest BCUT2D eigenvalue weighted by Gasteiger charge is -2.08. The van der Waals surface area contributed by atoms with Gasteiger partial charge in [-0.1, -0.05) is 46.3 Å². The summed E-state index contributed by atoms with van der Waals surface area (Å²) in [5, 5.41) is 9.12. The minimum absolute atomic E-state index is 0.0842. The van der Waals surface area contributed by atoms with E-state index in [2.05, 4.69) is 35.0 Å². The Morgan fingerprint density at radius 3 is 2.62 bits per heavy atom. The van der Waals surface area contributed by atoms with E-state index in [4.69, 9.17) is 5.11 Å². The number of benzene rings is 2. The first-order valence-corrected chi connectivity index (χ1v) is 5.97. The van der Waals surface area contributed by atoms with Gasteiger partial charge >= 0.3 is 0 Å². The third-order valence-electron chi connectivity index (χ3n) is 2.69. The molecule has 0 spiro atoms. The maximum atomic E-state index is 9.12. The van der Waals surface area contributed by atoms with Crippen LogP contribution in [0.4, 0.5) is 0 Å². The van der Waals surface area contributed by atoms with E-state index in [0.717, 1.165) is 15.6 Å². The molecule has 0 amide bonds. The number of hydrogen-bond acceptors (Lipinski definition) is 1. The zero-order valence-corrected chi connectivity index (χ0v) is 10.7. The summed E-state index contributed by atoms with van der Waals surface area (Å²) in [4.78, 5) is 0. The molecule has 0 aliphatic heterocycles. The van der Waals surface area contributed by atoms with Crippen LogP contribution in [0, 0.1) is 6.92 Å². The maximum absolute atomic E-state index is 9.12. The van der Waals surface area contributed by atoms with Gasteiger partial charge in [0.1, 0.15) is 0 Å². The lowest BCUT2D eigenvalue weighted by molar-refractivity contribution is 0.282. The highest BCUT2D eigenvalue weighted by molar-refractivity contribution is 9.10. The van der Waals surface area contributed by atoms with Gasteiger partial charge in [0.15, 0.2) is 0 Å². The van der Waals surface area contributed by atoms with E-state index in [9.17, 15) is 0 Å². The predicted molar refractivity (Wildman–Crippen MR) is 70.2 cm³/mol. The van der Waals surface area contributed by atoms with Gasteiger partial charge in [0.2, 0.25) is 0 Å². The fourth-order valence-corrected chi connectivity index (χ4v) is 2.12. The Kier molecular flexibility index (Phi) is 3.42. The van der Waals surface area contributed by atoms with Crippen molar-refractivity contribution in [1.29, 1.82) is 0 Å². The van der Waals surface area contributed by atoms with Gasteiger partial charge in [0.05, 0.1) is 6.61 Å². The molecule has 0 unspecified atom stereocenters. The molecule has 0 aliphatic rings. The van der Waals surface area contributed by atoms with Crippen molar-refractivity contribution in [2.75, 3.05) is 0 Å². The van der Waals surface area contributed by atoms with Gasteiger partial charge < -0.3 is 5.11 Å². The highest BCUT2D eigenvalue weighted by Gasteiger charge is 2.04. The fraction of sp³-hybridized carbons (Fsp3) is 0.143. The highest BCUT2D eigenvalue weighted by atomic mass is 79.9. The largest absolute Gasteiger partial charge is 0.392 e. The van der Waals surface area contributed by atoms with Crippen LogP contribution in [0.25, 0.3) is 11.1 Å². The van der Waals surface area contributed by atoms with Gasteiger partial charge in [-0.05, 0) is 41.3 Å². The Morgan fingerprint density at radius 2 is 1.88 bits per heavy atom. The molecule has 0 radical (unpaired) electrons. The zero-order chi connectivity index (χ0) is 11.5. The summed E-state index contributed by atoms with van der Waals surface area (Å²) >= 11 is 3.53. The van der Waals surface area contributed by atoms with E-state index in [0.29, 0.717) is 0 Å². The molecule has 0 saturated heterocycles. The molecular formula is C14H13BrO. The van der Waals surface area contributed by atoms with Crippen molar-refractivity contribution >= 4 is 15.9 Å². The second-order valence-electron chi connectivity index (χ2n) is 3.77. The standard InChI is InChI=1S/C14H13BrO/c1-10-13(6-3-7-14(10)15)12-5-2-4-11(8-12)9-16/h2-8,16H,9H2,1H3. The molecule has 0 bridgehead atoms. The summed E-state index contributed by atoms with van der Waals surface area (Å²) in [7, 11) is 0. The maximum Gasteiger partial charge on any atom is 0.0682 e. The number of aliphatic hydroxyl groups is 1. The van der Waals surface area contributed by atoms with Crippen molar-refractivity contribution in [3.05, 3.63) is 58.1 Å². The lowest BCUT2D eigenvalue weighted by Crippen LogP contribution is -1.87. The predicted octanol–water partition coefficient (Wildman–Crippen LogP) is 3.92. The summed E-state index contributed by atoms with van der Waals surface area (Å²) in [5.74, 6) is 0. The van der Waals surface area contributed by atoms with Crippen molar-refractivity contribution in [2.24, 2.45) is 0 Å². The zero-order valence-electron chi connectivity index (χ0n) is 9.07. The first kappa shape index (κ1) is 11.4. The fourth-order valence-electron chi connectivity index (χ4n) is 1.76. The number of halogens is 1. The highest BCUT2D eigenvalue weighted by Crippen LogP contribution is 2.28. The van der Waals surface area contributed by atoms with Crippen molar-refractivity contribution in [1.82, 2.24) is 0 Å². The summed E-state index contributed by atoms with van der Waals surface area (Å²) in [6, 6.07) is 14.1. The molecule has 0 atom stereocenters. The van der Waals surface area contributed by atoms with Crippen molar-refractivity contribution < 1.29 is 5.11 Å². The molecule has 2 aromatic rings. The van der Waals surface area contributed by atoms with Crippen LogP contribution in [0.2, 0.25) is 0 Å². The van der Waals surface area contributed by atoms with Crippen LogP contribution in [-0.2, 0) is 6.61 Å². The first-order chi connectivity index (χ1) is 7.72. The Balaban J connectivity index is 2.54.